The number of anilines is 1. The summed E-state index contributed by atoms with van der Waals surface area (Å²) in [5, 5.41) is 3.28. The van der Waals surface area contributed by atoms with Crippen LogP contribution in [-0.2, 0) is 0 Å². The molecule has 0 aliphatic rings. The predicted molar refractivity (Wildman–Crippen MR) is 70.4 cm³/mol. The van der Waals surface area contributed by atoms with Gasteiger partial charge in [-0.2, -0.15) is 0 Å². The first-order valence-electron chi connectivity index (χ1n) is 6.41. The number of nitrogens with zero attached hydrogens (tertiary/aromatic N) is 2. The summed E-state index contributed by atoms with van der Waals surface area (Å²) >= 11 is 0. The van der Waals surface area contributed by atoms with Crippen LogP contribution in [0.5, 0.6) is 5.88 Å². The van der Waals surface area contributed by atoms with Gasteiger partial charge in [0.15, 0.2) is 0 Å². The standard InChI is InChI=1S/C13H23N3O/c1-4-5-8-17-13-9-12(15-10-16-13)14-7-6-11(2)3/h9-11H,4-8H2,1-3H3,(H,14,15,16). The summed E-state index contributed by atoms with van der Waals surface area (Å²) in [6.45, 7) is 8.21. The summed E-state index contributed by atoms with van der Waals surface area (Å²) in [7, 11) is 0. The van der Waals surface area contributed by atoms with Crippen molar-refractivity contribution < 1.29 is 4.74 Å². The quantitative estimate of drug-likeness (QED) is 0.706. The van der Waals surface area contributed by atoms with Crippen molar-refractivity contribution in [2.45, 2.75) is 40.0 Å². The van der Waals surface area contributed by atoms with Gasteiger partial charge in [0, 0.05) is 12.6 Å². The van der Waals surface area contributed by atoms with E-state index in [-0.39, 0.29) is 0 Å². The number of hydrogen-bond donors (Lipinski definition) is 1. The van der Waals surface area contributed by atoms with Crippen LogP contribution in [0.3, 0.4) is 0 Å². The maximum absolute atomic E-state index is 5.52. The van der Waals surface area contributed by atoms with Crippen molar-refractivity contribution in [3.8, 4) is 5.88 Å². The van der Waals surface area contributed by atoms with Gasteiger partial charge in [-0.1, -0.05) is 27.2 Å². The third-order valence-electron chi connectivity index (χ3n) is 2.42. The molecule has 0 fully saturated rings. The summed E-state index contributed by atoms with van der Waals surface area (Å²) < 4.78 is 5.52. The van der Waals surface area contributed by atoms with Crippen LogP contribution in [0, 0.1) is 5.92 Å². The molecule has 0 spiro atoms. The Morgan fingerprint density at radius 1 is 1.35 bits per heavy atom. The molecular formula is C13H23N3O. The van der Waals surface area contributed by atoms with Gasteiger partial charge in [0.2, 0.25) is 5.88 Å². The molecule has 96 valence electrons. The number of nitrogens with one attached hydrogen (secondary N) is 1. The molecule has 0 aliphatic heterocycles. The minimum absolute atomic E-state index is 0.653. The maximum atomic E-state index is 5.52. The minimum atomic E-state index is 0.653. The van der Waals surface area contributed by atoms with Crippen LogP contribution in [0.2, 0.25) is 0 Å². The van der Waals surface area contributed by atoms with E-state index < -0.39 is 0 Å². The van der Waals surface area contributed by atoms with Gasteiger partial charge in [0.05, 0.1) is 6.61 Å². The van der Waals surface area contributed by atoms with E-state index in [0.29, 0.717) is 11.8 Å². The Balaban J connectivity index is 2.37. The largest absolute Gasteiger partial charge is 0.478 e. The molecule has 0 atom stereocenters. The zero-order valence-corrected chi connectivity index (χ0v) is 11.1. The fraction of sp³-hybridized carbons (Fsp3) is 0.692. The van der Waals surface area contributed by atoms with E-state index in [1.165, 1.54) is 0 Å². The first-order chi connectivity index (χ1) is 8.22. The molecule has 1 aromatic heterocycles. The van der Waals surface area contributed by atoms with E-state index in [4.69, 9.17) is 4.74 Å². The van der Waals surface area contributed by atoms with Crippen LogP contribution in [0.4, 0.5) is 5.82 Å². The predicted octanol–water partition coefficient (Wildman–Crippen LogP) is 3.11. The van der Waals surface area contributed by atoms with Gasteiger partial charge in [-0.05, 0) is 18.8 Å². The smallest absolute Gasteiger partial charge is 0.218 e. The van der Waals surface area contributed by atoms with E-state index in [0.717, 1.165) is 38.2 Å². The molecule has 1 rings (SSSR count). The Hall–Kier alpha value is -1.32. The Bertz CT molecular complexity index is 315. The highest BCUT2D eigenvalue weighted by molar-refractivity contribution is 5.36. The van der Waals surface area contributed by atoms with E-state index >= 15 is 0 Å². The molecule has 17 heavy (non-hydrogen) atoms. The monoisotopic (exact) mass is 237 g/mol. The van der Waals surface area contributed by atoms with E-state index in [2.05, 4.69) is 36.1 Å². The molecule has 0 radical (unpaired) electrons. The number of aromatic nitrogens is 2. The average Bonchev–Trinajstić information content (AvgIpc) is 2.29. The van der Waals surface area contributed by atoms with E-state index in [1.807, 2.05) is 6.07 Å². The van der Waals surface area contributed by atoms with Gasteiger partial charge in [-0.3, -0.25) is 0 Å². The summed E-state index contributed by atoms with van der Waals surface area (Å²) in [6, 6.07) is 1.86. The molecule has 0 bridgehead atoms. The molecule has 0 unspecified atom stereocenters. The average molecular weight is 237 g/mol. The van der Waals surface area contributed by atoms with Crippen molar-refractivity contribution in [2.24, 2.45) is 5.92 Å². The highest BCUT2D eigenvalue weighted by Gasteiger charge is 2.00. The Labute approximate surface area is 104 Å². The Kier molecular flexibility index (Phi) is 6.37. The lowest BCUT2D eigenvalue weighted by atomic mass is 10.1. The molecule has 1 aromatic rings. The normalized spacial score (nSPS) is 10.6. The maximum Gasteiger partial charge on any atom is 0.218 e. The molecule has 0 amide bonds. The minimum Gasteiger partial charge on any atom is -0.478 e. The number of hydrogen-bond acceptors (Lipinski definition) is 4. The Morgan fingerprint density at radius 3 is 2.88 bits per heavy atom. The fourth-order valence-electron chi connectivity index (χ4n) is 1.33. The lowest BCUT2D eigenvalue weighted by Crippen LogP contribution is -2.07. The summed E-state index contributed by atoms with van der Waals surface area (Å²) in [5.74, 6) is 2.19. The molecule has 1 heterocycles. The van der Waals surface area contributed by atoms with Crippen LogP contribution in [0.15, 0.2) is 12.4 Å². The summed E-state index contributed by atoms with van der Waals surface area (Å²) in [6.07, 6.45) is 4.86. The fourth-order valence-corrected chi connectivity index (χ4v) is 1.33. The second-order valence-corrected chi connectivity index (χ2v) is 4.55. The van der Waals surface area contributed by atoms with Gasteiger partial charge in [0.1, 0.15) is 12.1 Å². The van der Waals surface area contributed by atoms with Gasteiger partial charge < -0.3 is 10.1 Å². The molecule has 0 saturated carbocycles. The lowest BCUT2D eigenvalue weighted by Gasteiger charge is -2.09. The molecule has 0 aliphatic carbocycles. The van der Waals surface area contributed by atoms with Crippen molar-refractivity contribution in [3.63, 3.8) is 0 Å². The third-order valence-corrected chi connectivity index (χ3v) is 2.42. The molecule has 0 saturated heterocycles. The molecular weight excluding hydrogens is 214 g/mol. The van der Waals surface area contributed by atoms with Crippen LogP contribution >= 0.6 is 0 Å². The highest BCUT2D eigenvalue weighted by atomic mass is 16.5. The van der Waals surface area contributed by atoms with E-state index in [1.54, 1.807) is 6.33 Å². The number of unbranched alkanes of at least 4 members (excludes halogenated alkanes) is 1. The third kappa shape index (κ3) is 6.09. The molecule has 1 N–H and O–H groups in total. The molecule has 4 heteroatoms. The zero-order chi connectivity index (χ0) is 12.5. The topological polar surface area (TPSA) is 47.0 Å². The number of ether oxygens (including phenoxy) is 1. The van der Waals surface area contributed by atoms with Crippen molar-refractivity contribution in [1.82, 2.24) is 9.97 Å². The van der Waals surface area contributed by atoms with Gasteiger partial charge in [0.25, 0.3) is 0 Å². The Morgan fingerprint density at radius 2 is 2.18 bits per heavy atom. The van der Waals surface area contributed by atoms with Crippen molar-refractivity contribution in [2.75, 3.05) is 18.5 Å². The molecule has 4 nitrogen and oxygen atoms in total. The van der Waals surface area contributed by atoms with E-state index in [9.17, 15) is 0 Å². The summed E-state index contributed by atoms with van der Waals surface area (Å²) in [4.78, 5) is 8.24. The first kappa shape index (κ1) is 13.7. The lowest BCUT2D eigenvalue weighted by molar-refractivity contribution is 0.297. The van der Waals surface area contributed by atoms with Gasteiger partial charge >= 0.3 is 0 Å². The SMILES string of the molecule is CCCCOc1cc(NCCC(C)C)ncn1. The van der Waals surface area contributed by atoms with Crippen molar-refractivity contribution in [3.05, 3.63) is 12.4 Å². The summed E-state index contributed by atoms with van der Waals surface area (Å²) in [5.41, 5.74) is 0. The zero-order valence-electron chi connectivity index (χ0n) is 11.1. The second-order valence-electron chi connectivity index (χ2n) is 4.55. The van der Waals surface area contributed by atoms with Gasteiger partial charge in [-0.25, -0.2) is 9.97 Å². The van der Waals surface area contributed by atoms with Crippen molar-refractivity contribution >= 4 is 5.82 Å². The van der Waals surface area contributed by atoms with Crippen LogP contribution in [0.1, 0.15) is 40.0 Å². The second kappa shape index (κ2) is 7.87. The van der Waals surface area contributed by atoms with Crippen molar-refractivity contribution in [1.29, 1.82) is 0 Å². The van der Waals surface area contributed by atoms with Crippen LogP contribution in [-0.4, -0.2) is 23.1 Å². The van der Waals surface area contributed by atoms with Crippen LogP contribution < -0.4 is 10.1 Å². The molecule has 0 aromatic carbocycles. The van der Waals surface area contributed by atoms with Gasteiger partial charge in [-0.15, -0.1) is 0 Å². The van der Waals surface area contributed by atoms with Crippen LogP contribution in [0.25, 0.3) is 0 Å². The number of rotatable bonds is 8. The first-order valence-corrected chi connectivity index (χ1v) is 6.41. The highest BCUT2D eigenvalue weighted by Crippen LogP contribution is 2.11.